The number of rotatable bonds is 5. The molecule has 7 nitrogen and oxygen atoms in total. The topological polar surface area (TPSA) is 101 Å². The third kappa shape index (κ3) is 3.36. The number of aromatic nitrogens is 2. The van der Waals surface area contributed by atoms with Gasteiger partial charge in [0.1, 0.15) is 16.1 Å². The Kier molecular flexibility index (Phi) is 4.04. The maximum absolute atomic E-state index is 11.8. The van der Waals surface area contributed by atoms with Crippen molar-refractivity contribution >= 4 is 38.7 Å². The molecule has 0 atom stereocenters. The molecule has 132 valence electrons. The van der Waals surface area contributed by atoms with Crippen molar-refractivity contribution in [3.05, 3.63) is 41.5 Å². The molecule has 2 aromatic heterocycles. The molecular formula is C18H15N3O4S. The molecule has 26 heavy (non-hydrogen) atoms. The maximum atomic E-state index is 11.8. The van der Waals surface area contributed by atoms with Crippen LogP contribution >= 0.6 is 11.3 Å². The molecule has 1 aliphatic carbocycles. The predicted octanol–water partition coefficient (Wildman–Crippen LogP) is 3.84. The van der Waals surface area contributed by atoms with Crippen LogP contribution in [0.15, 0.2) is 30.3 Å². The second-order valence-corrected chi connectivity index (χ2v) is 7.12. The van der Waals surface area contributed by atoms with Gasteiger partial charge in [0, 0.05) is 12.0 Å². The fourth-order valence-corrected chi connectivity index (χ4v) is 3.25. The lowest BCUT2D eigenvalue weighted by Crippen LogP contribution is -2.12. The second kappa shape index (κ2) is 6.38. The molecule has 2 heterocycles. The Morgan fingerprint density at radius 3 is 2.77 bits per heavy atom. The highest BCUT2D eigenvalue weighted by Crippen LogP contribution is 2.33. The van der Waals surface area contributed by atoms with Crippen molar-refractivity contribution in [2.75, 3.05) is 5.32 Å². The van der Waals surface area contributed by atoms with E-state index >= 15 is 0 Å². The number of carbonyl (C=O) groups is 2. The summed E-state index contributed by atoms with van der Waals surface area (Å²) in [4.78, 5) is 32.4. The van der Waals surface area contributed by atoms with E-state index in [0.29, 0.717) is 27.1 Å². The van der Waals surface area contributed by atoms with Crippen LogP contribution in [0.25, 0.3) is 10.3 Å². The minimum Gasteiger partial charge on any atom is -0.478 e. The molecule has 0 bridgehead atoms. The Balaban J connectivity index is 1.58. The zero-order valence-corrected chi connectivity index (χ0v) is 14.7. The molecule has 4 rings (SSSR count). The number of ether oxygens (including phenoxy) is 1. The summed E-state index contributed by atoms with van der Waals surface area (Å²) in [7, 11) is 0. The fraction of sp³-hybridized carbons (Fsp3) is 0.222. The Morgan fingerprint density at radius 1 is 1.23 bits per heavy atom. The molecule has 1 saturated carbocycles. The van der Waals surface area contributed by atoms with Crippen molar-refractivity contribution in [3.63, 3.8) is 0 Å². The number of hydrogen-bond acceptors (Lipinski definition) is 6. The number of aryl methyl sites for hydroxylation is 1. The highest BCUT2D eigenvalue weighted by atomic mass is 32.1. The van der Waals surface area contributed by atoms with Crippen molar-refractivity contribution in [2.24, 2.45) is 5.92 Å². The number of nitrogens with zero attached hydrogens (tertiary/aromatic N) is 2. The first-order chi connectivity index (χ1) is 12.5. The molecule has 0 unspecified atom stereocenters. The summed E-state index contributed by atoms with van der Waals surface area (Å²) in [5.74, 6) is -0.132. The Labute approximate surface area is 152 Å². The van der Waals surface area contributed by atoms with Gasteiger partial charge in [-0.3, -0.25) is 4.79 Å². The van der Waals surface area contributed by atoms with Gasteiger partial charge in [-0.15, -0.1) is 0 Å². The SMILES string of the molecule is Cc1ccc(C(=O)O)cc1Oc1ccc2nc(NC(=O)C3CC3)sc2n1. The Bertz CT molecular complexity index is 1030. The van der Waals surface area contributed by atoms with E-state index in [0.717, 1.165) is 18.4 Å². The first kappa shape index (κ1) is 16.5. The van der Waals surface area contributed by atoms with E-state index in [9.17, 15) is 9.59 Å². The van der Waals surface area contributed by atoms with Crippen LogP contribution in [0.5, 0.6) is 11.6 Å². The van der Waals surface area contributed by atoms with Crippen LogP contribution in [-0.2, 0) is 4.79 Å². The summed E-state index contributed by atoms with van der Waals surface area (Å²) in [6.07, 6.45) is 1.86. The first-order valence-electron chi connectivity index (χ1n) is 8.10. The van der Waals surface area contributed by atoms with Crippen LogP contribution in [0.4, 0.5) is 5.13 Å². The van der Waals surface area contributed by atoms with Crippen LogP contribution in [-0.4, -0.2) is 27.0 Å². The van der Waals surface area contributed by atoms with Gasteiger partial charge in [-0.25, -0.2) is 14.8 Å². The van der Waals surface area contributed by atoms with E-state index in [1.807, 2.05) is 6.92 Å². The van der Waals surface area contributed by atoms with E-state index in [1.165, 1.54) is 23.5 Å². The lowest BCUT2D eigenvalue weighted by atomic mass is 10.1. The molecule has 1 fully saturated rings. The first-order valence-corrected chi connectivity index (χ1v) is 8.91. The van der Waals surface area contributed by atoms with Crippen LogP contribution < -0.4 is 10.1 Å². The van der Waals surface area contributed by atoms with E-state index < -0.39 is 5.97 Å². The van der Waals surface area contributed by atoms with E-state index in [1.54, 1.807) is 18.2 Å². The average Bonchev–Trinajstić information content (AvgIpc) is 3.38. The number of amides is 1. The lowest BCUT2D eigenvalue weighted by Gasteiger charge is -2.08. The molecule has 0 saturated heterocycles. The molecule has 1 aliphatic rings. The monoisotopic (exact) mass is 369 g/mol. The summed E-state index contributed by atoms with van der Waals surface area (Å²) >= 11 is 1.28. The number of pyridine rings is 1. The van der Waals surface area contributed by atoms with Crippen molar-refractivity contribution in [2.45, 2.75) is 19.8 Å². The van der Waals surface area contributed by atoms with Gasteiger partial charge in [0.15, 0.2) is 5.13 Å². The fourth-order valence-electron chi connectivity index (χ4n) is 2.42. The lowest BCUT2D eigenvalue weighted by molar-refractivity contribution is -0.117. The van der Waals surface area contributed by atoms with Crippen LogP contribution in [0.2, 0.25) is 0 Å². The number of carboxylic acids is 1. The maximum Gasteiger partial charge on any atom is 0.335 e. The molecule has 1 amide bonds. The highest BCUT2D eigenvalue weighted by Gasteiger charge is 2.30. The number of thiazole rings is 1. The smallest absolute Gasteiger partial charge is 0.335 e. The average molecular weight is 369 g/mol. The predicted molar refractivity (Wildman–Crippen MR) is 97.0 cm³/mol. The van der Waals surface area contributed by atoms with Gasteiger partial charge >= 0.3 is 5.97 Å². The van der Waals surface area contributed by atoms with E-state index in [2.05, 4.69) is 15.3 Å². The molecular weight excluding hydrogens is 354 g/mol. The molecule has 8 heteroatoms. The van der Waals surface area contributed by atoms with Gasteiger partial charge in [0.25, 0.3) is 0 Å². The highest BCUT2D eigenvalue weighted by molar-refractivity contribution is 7.21. The van der Waals surface area contributed by atoms with E-state index in [-0.39, 0.29) is 17.4 Å². The molecule has 0 aliphatic heterocycles. The Hall–Kier alpha value is -3.00. The number of hydrogen-bond donors (Lipinski definition) is 2. The third-order valence-corrected chi connectivity index (χ3v) is 4.94. The van der Waals surface area contributed by atoms with Gasteiger partial charge in [-0.05, 0) is 43.5 Å². The van der Waals surface area contributed by atoms with Gasteiger partial charge in [-0.2, -0.15) is 0 Å². The summed E-state index contributed by atoms with van der Waals surface area (Å²) in [6, 6.07) is 8.12. The summed E-state index contributed by atoms with van der Waals surface area (Å²) in [5.41, 5.74) is 1.62. The minimum atomic E-state index is -1.02. The van der Waals surface area contributed by atoms with Crippen LogP contribution in [0.3, 0.4) is 0 Å². The van der Waals surface area contributed by atoms with Crippen molar-refractivity contribution in [3.8, 4) is 11.6 Å². The van der Waals surface area contributed by atoms with Gasteiger partial charge in [-0.1, -0.05) is 17.4 Å². The summed E-state index contributed by atoms with van der Waals surface area (Å²) < 4.78 is 5.76. The zero-order chi connectivity index (χ0) is 18.3. The zero-order valence-electron chi connectivity index (χ0n) is 13.9. The number of nitrogens with one attached hydrogen (secondary N) is 1. The quantitative estimate of drug-likeness (QED) is 0.708. The third-order valence-electron chi connectivity index (χ3n) is 4.06. The normalized spacial score (nSPS) is 13.6. The van der Waals surface area contributed by atoms with Crippen LogP contribution in [0, 0.1) is 12.8 Å². The molecule has 1 aromatic carbocycles. The van der Waals surface area contributed by atoms with Crippen LogP contribution in [0.1, 0.15) is 28.8 Å². The van der Waals surface area contributed by atoms with E-state index in [4.69, 9.17) is 9.84 Å². The largest absolute Gasteiger partial charge is 0.478 e. The number of carboxylic acid groups (broad SMARTS) is 1. The second-order valence-electron chi connectivity index (χ2n) is 6.14. The minimum absolute atomic E-state index is 0.00152. The summed E-state index contributed by atoms with van der Waals surface area (Å²) in [6.45, 7) is 1.83. The number of anilines is 1. The standard InChI is InChI=1S/C18H15N3O4S/c1-9-2-3-11(17(23)24)8-13(9)25-14-7-6-12-16(20-14)26-18(19-12)21-15(22)10-4-5-10/h2-3,6-8,10H,4-5H2,1H3,(H,23,24)(H,19,21,22). The van der Waals surface area contributed by atoms with Crippen molar-refractivity contribution in [1.82, 2.24) is 9.97 Å². The molecule has 2 N–H and O–H groups in total. The van der Waals surface area contributed by atoms with Crippen molar-refractivity contribution < 1.29 is 19.4 Å². The van der Waals surface area contributed by atoms with Gasteiger partial charge < -0.3 is 15.2 Å². The van der Waals surface area contributed by atoms with Gasteiger partial charge in [0.2, 0.25) is 11.8 Å². The number of carbonyl (C=O) groups excluding carboxylic acids is 1. The summed E-state index contributed by atoms with van der Waals surface area (Å²) in [5, 5.41) is 12.4. The number of fused-ring (bicyclic) bond motifs is 1. The molecule has 0 radical (unpaired) electrons. The number of benzene rings is 1. The van der Waals surface area contributed by atoms with Gasteiger partial charge in [0.05, 0.1) is 5.56 Å². The molecule has 0 spiro atoms. The van der Waals surface area contributed by atoms with Crippen molar-refractivity contribution in [1.29, 1.82) is 0 Å². The molecule has 3 aromatic rings. The number of aromatic carboxylic acids is 1. The Morgan fingerprint density at radius 2 is 2.04 bits per heavy atom.